The number of hydrogen-bond acceptors (Lipinski definition) is 3. The van der Waals surface area contributed by atoms with E-state index in [9.17, 15) is 8.42 Å². The Hall–Kier alpha value is -1.07. The van der Waals surface area contributed by atoms with Crippen molar-refractivity contribution in [3.8, 4) is 0 Å². The van der Waals surface area contributed by atoms with Gasteiger partial charge in [-0.05, 0) is 79.7 Å². The Balaban J connectivity index is 1.52. The molecule has 5 rings (SSSR count). The lowest BCUT2D eigenvalue weighted by molar-refractivity contribution is -0.140. The summed E-state index contributed by atoms with van der Waals surface area (Å²) in [5.41, 5.74) is 2.07. The van der Waals surface area contributed by atoms with Gasteiger partial charge in [-0.3, -0.25) is 9.71 Å². The van der Waals surface area contributed by atoms with E-state index in [0.29, 0.717) is 23.2 Å². The maximum Gasteiger partial charge on any atom is 0.262 e. The van der Waals surface area contributed by atoms with E-state index in [1.54, 1.807) is 24.3 Å². The van der Waals surface area contributed by atoms with Gasteiger partial charge in [0.2, 0.25) is 0 Å². The third-order valence-corrected chi connectivity index (χ3v) is 8.71. The van der Waals surface area contributed by atoms with E-state index >= 15 is 0 Å². The van der Waals surface area contributed by atoms with Crippen molar-refractivity contribution in [2.75, 3.05) is 12.4 Å². The standard InChI is InChI=1S/C22H31ClN2O2S/c1-16-4-6-18(7-5-16)28(26,27)25-19(11-23)24-15-22-10-17-8-20(2,13-22)12-21(3,9-17)14-22/h4-7,17H,8-15H2,1-3H3,(H,24,25). The van der Waals surface area contributed by atoms with Gasteiger partial charge in [-0.25, -0.2) is 8.42 Å². The number of rotatable bonds is 5. The summed E-state index contributed by atoms with van der Waals surface area (Å²) in [6, 6.07) is 6.82. The average Bonchev–Trinajstić information content (AvgIpc) is 2.55. The largest absolute Gasteiger partial charge is 0.270 e. The first kappa shape index (κ1) is 20.2. The molecule has 0 amide bonds. The minimum absolute atomic E-state index is 0.0686. The fourth-order valence-corrected chi connectivity index (χ4v) is 8.45. The van der Waals surface area contributed by atoms with Crippen molar-refractivity contribution in [3.63, 3.8) is 0 Å². The lowest BCUT2D eigenvalue weighted by atomic mass is 9.40. The second kappa shape index (κ2) is 6.73. The second-order valence-corrected chi connectivity index (χ2v) is 12.4. The molecule has 28 heavy (non-hydrogen) atoms. The topological polar surface area (TPSA) is 58.5 Å². The maximum absolute atomic E-state index is 12.7. The summed E-state index contributed by atoms with van der Waals surface area (Å²) in [6.45, 7) is 7.49. The first-order valence-corrected chi connectivity index (χ1v) is 12.3. The molecule has 4 aliphatic carbocycles. The van der Waals surface area contributed by atoms with E-state index in [1.807, 2.05) is 6.92 Å². The number of nitrogens with one attached hydrogen (secondary N) is 1. The Labute approximate surface area is 174 Å². The summed E-state index contributed by atoms with van der Waals surface area (Å²) in [4.78, 5) is 4.96. The molecule has 2 atom stereocenters. The highest BCUT2D eigenvalue weighted by Gasteiger charge is 2.59. The highest BCUT2D eigenvalue weighted by atomic mass is 35.5. The fraction of sp³-hybridized carbons (Fsp3) is 0.682. The molecule has 6 heteroatoms. The van der Waals surface area contributed by atoms with Gasteiger partial charge >= 0.3 is 0 Å². The van der Waals surface area contributed by atoms with Crippen LogP contribution < -0.4 is 4.72 Å². The molecule has 2 unspecified atom stereocenters. The van der Waals surface area contributed by atoms with Crippen LogP contribution in [0.1, 0.15) is 57.9 Å². The van der Waals surface area contributed by atoms with Gasteiger partial charge < -0.3 is 0 Å². The number of aryl methyl sites for hydroxylation is 1. The Morgan fingerprint density at radius 3 is 2.25 bits per heavy atom. The summed E-state index contributed by atoms with van der Waals surface area (Å²) in [6.07, 6.45) is 7.64. The van der Waals surface area contributed by atoms with Gasteiger partial charge in [0.25, 0.3) is 10.0 Å². The summed E-state index contributed by atoms with van der Waals surface area (Å²) >= 11 is 6.07. The minimum atomic E-state index is -3.66. The van der Waals surface area contributed by atoms with E-state index in [0.717, 1.165) is 11.5 Å². The Kier molecular flexibility index (Phi) is 4.86. The van der Waals surface area contributed by atoms with Crippen molar-refractivity contribution < 1.29 is 8.42 Å². The lowest BCUT2D eigenvalue weighted by Crippen LogP contribution is -2.56. The molecule has 4 bridgehead atoms. The molecule has 4 saturated carbocycles. The van der Waals surface area contributed by atoms with E-state index < -0.39 is 10.0 Å². The maximum atomic E-state index is 12.7. The van der Waals surface area contributed by atoms with Crippen molar-refractivity contribution in [1.82, 2.24) is 4.72 Å². The number of alkyl halides is 1. The molecule has 0 spiro atoms. The number of benzene rings is 1. The number of nitrogens with zero attached hydrogens (tertiary/aromatic N) is 1. The molecular weight excluding hydrogens is 392 g/mol. The minimum Gasteiger partial charge on any atom is -0.270 e. The Morgan fingerprint density at radius 1 is 1.11 bits per heavy atom. The van der Waals surface area contributed by atoms with Crippen molar-refractivity contribution in [3.05, 3.63) is 29.8 Å². The second-order valence-electron chi connectivity index (χ2n) is 10.4. The number of halogens is 1. The average molecular weight is 423 g/mol. The number of hydrogen-bond donors (Lipinski definition) is 1. The quantitative estimate of drug-likeness (QED) is 0.416. The molecule has 1 aromatic carbocycles. The van der Waals surface area contributed by atoms with Crippen LogP contribution in [0, 0.1) is 29.1 Å². The van der Waals surface area contributed by atoms with Crippen LogP contribution >= 0.6 is 11.6 Å². The van der Waals surface area contributed by atoms with E-state index in [4.69, 9.17) is 16.6 Å². The van der Waals surface area contributed by atoms with Gasteiger partial charge in [-0.1, -0.05) is 31.5 Å². The molecule has 0 saturated heterocycles. The van der Waals surface area contributed by atoms with Gasteiger partial charge in [0.15, 0.2) is 0 Å². The van der Waals surface area contributed by atoms with Gasteiger partial charge in [-0.15, -0.1) is 11.6 Å². The molecule has 0 radical (unpaired) electrons. The van der Waals surface area contributed by atoms with Crippen LogP contribution in [0.25, 0.3) is 0 Å². The molecule has 4 fully saturated rings. The normalized spacial score (nSPS) is 37.3. The summed E-state index contributed by atoms with van der Waals surface area (Å²) in [7, 11) is -3.66. The van der Waals surface area contributed by atoms with Crippen molar-refractivity contribution in [2.24, 2.45) is 27.2 Å². The third-order valence-electron chi connectivity index (χ3n) is 7.06. The predicted molar refractivity (Wildman–Crippen MR) is 114 cm³/mol. The van der Waals surface area contributed by atoms with Gasteiger partial charge in [0, 0.05) is 6.54 Å². The van der Waals surface area contributed by atoms with E-state index in [1.165, 1.54) is 38.5 Å². The van der Waals surface area contributed by atoms with Crippen LogP contribution in [0.2, 0.25) is 0 Å². The van der Waals surface area contributed by atoms with Crippen LogP contribution in [0.5, 0.6) is 0 Å². The van der Waals surface area contributed by atoms with E-state index in [-0.39, 0.29) is 16.2 Å². The summed E-state index contributed by atoms with van der Waals surface area (Å²) < 4.78 is 28.0. The van der Waals surface area contributed by atoms with Gasteiger partial charge in [0.05, 0.1) is 10.8 Å². The monoisotopic (exact) mass is 422 g/mol. The zero-order chi connectivity index (χ0) is 20.2. The van der Waals surface area contributed by atoms with Crippen molar-refractivity contribution in [1.29, 1.82) is 0 Å². The fourth-order valence-electron chi connectivity index (χ4n) is 7.16. The van der Waals surface area contributed by atoms with E-state index in [2.05, 4.69) is 18.6 Å². The predicted octanol–water partition coefficient (Wildman–Crippen LogP) is 4.91. The molecule has 0 aliphatic heterocycles. The first-order valence-electron chi connectivity index (χ1n) is 10.2. The molecule has 4 aliphatic rings. The Morgan fingerprint density at radius 2 is 1.71 bits per heavy atom. The zero-order valence-electron chi connectivity index (χ0n) is 17.1. The highest BCUT2D eigenvalue weighted by molar-refractivity contribution is 7.90. The van der Waals surface area contributed by atoms with Crippen molar-refractivity contribution in [2.45, 2.75) is 64.2 Å². The first-order chi connectivity index (χ1) is 13.0. The van der Waals surface area contributed by atoms with Crippen LogP contribution in [-0.2, 0) is 10.0 Å². The molecule has 1 aromatic rings. The number of sulfonamides is 1. The van der Waals surface area contributed by atoms with Crippen LogP contribution in [0.4, 0.5) is 0 Å². The molecular formula is C22H31ClN2O2S. The molecule has 0 heterocycles. The smallest absolute Gasteiger partial charge is 0.262 e. The van der Waals surface area contributed by atoms with Gasteiger partial charge in [-0.2, -0.15) is 0 Å². The van der Waals surface area contributed by atoms with Crippen molar-refractivity contribution >= 4 is 27.5 Å². The van der Waals surface area contributed by atoms with Crippen LogP contribution in [0.15, 0.2) is 34.2 Å². The zero-order valence-corrected chi connectivity index (χ0v) is 18.7. The molecule has 1 N–H and O–H groups in total. The molecule has 4 nitrogen and oxygen atoms in total. The molecule has 0 aromatic heterocycles. The Bertz CT molecular complexity index is 876. The van der Waals surface area contributed by atoms with Crippen LogP contribution in [-0.4, -0.2) is 26.7 Å². The lowest BCUT2D eigenvalue weighted by Gasteiger charge is -2.65. The summed E-state index contributed by atoms with van der Waals surface area (Å²) in [5.74, 6) is 1.22. The number of aliphatic imine (C=N–C) groups is 1. The summed E-state index contributed by atoms with van der Waals surface area (Å²) in [5, 5.41) is 0. The SMILES string of the molecule is Cc1ccc(S(=O)(=O)NC(CCl)=NCC23CC4CC(C)(CC(C)(C4)C2)C3)cc1. The van der Waals surface area contributed by atoms with Gasteiger partial charge in [0.1, 0.15) is 5.84 Å². The number of amidine groups is 1. The molecule has 154 valence electrons. The third kappa shape index (κ3) is 3.85. The highest BCUT2D eigenvalue weighted by Crippen LogP contribution is 2.69. The van der Waals surface area contributed by atoms with Crippen LogP contribution in [0.3, 0.4) is 0 Å².